The van der Waals surface area contributed by atoms with Crippen LogP contribution in [0, 0.1) is 5.92 Å². The maximum atomic E-state index is 13.7. The van der Waals surface area contributed by atoms with Crippen LogP contribution in [-0.4, -0.2) is 50.9 Å². The minimum atomic E-state index is -2.12. The number of anilines is 1. The molecule has 2 N–H and O–H groups in total. The van der Waals surface area contributed by atoms with Crippen molar-refractivity contribution in [2.24, 2.45) is 5.92 Å². The molecule has 0 radical (unpaired) electrons. The van der Waals surface area contributed by atoms with Crippen LogP contribution in [0.5, 0.6) is 11.5 Å². The van der Waals surface area contributed by atoms with Gasteiger partial charge >= 0.3 is 0 Å². The van der Waals surface area contributed by atoms with Gasteiger partial charge in [0.1, 0.15) is 0 Å². The van der Waals surface area contributed by atoms with Crippen LogP contribution in [0.2, 0.25) is 0 Å². The van der Waals surface area contributed by atoms with Crippen LogP contribution in [0.1, 0.15) is 71.3 Å². The van der Waals surface area contributed by atoms with Crippen molar-refractivity contribution < 1.29 is 32.6 Å². The summed E-state index contributed by atoms with van der Waals surface area (Å²) in [5, 5.41) is 2.86. The number of fused-ring (bicyclic) bond motifs is 1. The molecule has 2 aliphatic rings. The summed E-state index contributed by atoms with van der Waals surface area (Å²) >= 11 is -2.12. The van der Waals surface area contributed by atoms with Crippen molar-refractivity contribution >= 4 is 34.5 Å². The van der Waals surface area contributed by atoms with Gasteiger partial charge in [-0.3, -0.25) is 19.3 Å². The second kappa shape index (κ2) is 11.2. The smallest absolute Gasteiger partial charge is 0.264 e. The molecule has 2 aromatic carbocycles. The van der Waals surface area contributed by atoms with Crippen molar-refractivity contribution in [2.45, 2.75) is 45.1 Å². The fourth-order valence-corrected chi connectivity index (χ4v) is 5.36. The summed E-state index contributed by atoms with van der Waals surface area (Å²) in [7, 11) is 1.51. The zero-order valence-electron chi connectivity index (χ0n) is 20.3. The van der Waals surface area contributed by atoms with E-state index in [1.807, 2.05) is 6.92 Å². The van der Waals surface area contributed by atoms with Gasteiger partial charge in [0.05, 0.1) is 42.3 Å². The number of nitrogens with one attached hydrogen (secondary N) is 1. The Morgan fingerprint density at radius 3 is 2.58 bits per heavy atom. The third-order valence-electron chi connectivity index (χ3n) is 6.68. The number of amides is 3. The van der Waals surface area contributed by atoms with Crippen LogP contribution in [0.25, 0.3) is 0 Å². The molecule has 2 aromatic rings. The first-order chi connectivity index (χ1) is 17.3. The molecule has 1 aliphatic heterocycles. The van der Waals surface area contributed by atoms with Gasteiger partial charge in [0.15, 0.2) is 22.6 Å². The second-order valence-electron chi connectivity index (χ2n) is 8.85. The molecular formula is C26H30N2O7S. The van der Waals surface area contributed by atoms with Gasteiger partial charge in [-0.05, 0) is 56.0 Å². The Morgan fingerprint density at radius 1 is 1.17 bits per heavy atom. The largest absolute Gasteiger partial charge is 0.493 e. The number of hydrogen-bond donors (Lipinski definition) is 2. The van der Waals surface area contributed by atoms with Gasteiger partial charge in [-0.25, -0.2) is 4.21 Å². The number of nitrogens with zero attached hydrogens (tertiary/aromatic N) is 1. The lowest BCUT2D eigenvalue weighted by Crippen LogP contribution is -2.35. The van der Waals surface area contributed by atoms with Crippen LogP contribution in [0.3, 0.4) is 0 Å². The summed E-state index contributed by atoms with van der Waals surface area (Å²) in [6, 6.07) is 9.06. The number of rotatable bonds is 10. The van der Waals surface area contributed by atoms with E-state index in [4.69, 9.17) is 9.47 Å². The van der Waals surface area contributed by atoms with E-state index in [2.05, 4.69) is 5.32 Å². The Labute approximate surface area is 212 Å². The van der Waals surface area contributed by atoms with Crippen molar-refractivity contribution in [3.63, 3.8) is 0 Å². The highest BCUT2D eigenvalue weighted by atomic mass is 32.2. The van der Waals surface area contributed by atoms with Gasteiger partial charge in [-0.1, -0.05) is 25.0 Å². The SMILES string of the molecule is CCOc1cc(C(CCS(=O)O)N2C(=O)c3cccc(NC(=O)C4CCCC4)c3C2=O)ccc1OC. The number of carbonyl (C=O) groups is 3. The quantitative estimate of drug-likeness (QED) is 0.360. The van der Waals surface area contributed by atoms with Gasteiger partial charge < -0.3 is 19.3 Å². The van der Waals surface area contributed by atoms with Crippen molar-refractivity contribution in [3.8, 4) is 11.5 Å². The highest BCUT2D eigenvalue weighted by Gasteiger charge is 2.42. The number of carbonyl (C=O) groups excluding carboxylic acids is 3. The fourth-order valence-electron chi connectivity index (χ4n) is 4.94. The summed E-state index contributed by atoms with van der Waals surface area (Å²) in [4.78, 5) is 41.1. The molecule has 2 atom stereocenters. The zero-order chi connectivity index (χ0) is 25.8. The molecule has 1 fully saturated rings. The molecule has 0 bridgehead atoms. The first kappa shape index (κ1) is 25.8. The maximum absolute atomic E-state index is 13.7. The van der Waals surface area contributed by atoms with Gasteiger partial charge in [-0.2, -0.15) is 0 Å². The highest BCUT2D eigenvalue weighted by molar-refractivity contribution is 7.79. The monoisotopic (exact) mass is 514 g/mol. The molecule has 0 spiro atoms. The number of ether oxygens (including phenoxy) is 2. The van der Waals surface area contributed by atoms with Crippen LogP contribution < -0.4 is 14.8 Å². The van der Waals surface area contributed by atoms with E-state index in [9.17, 15) is 23.1 Å². The van der Waals surface area contributed by atoms with Gasteiger partial charge in [-0.15, -0.1) is 0 Å². The third-order valence-corrected chi connectivity index (χ3v) is 7.26. The lowest BCUT2D eigenvalue weighted by Gasteiger charge is -2.27. The van der Waals surface area contributed by atoms with E-state index < -0.39 is 28.9 Å². The second-order valence-corrected chi connectivity index (χ2v) is 9.90. The fraction of sp³-hybridized carbons (Fsp3) is 0.423. The van der Waals surface area contributed by atoms with E-state index in [1.54, 1.807) is 36.4 Å². The zero-order valence-corrected chi connectivity index (χ0v) is 21.1. The Bertz CT molecular complexity index is 1190. The van der Waals surface area contributed by atoms with E-state index in [0.717, 1.165) is 30.6 Å². The van der Waals surface area contributed by atoms with Crippen molar-refractivity contribution in [2.75, 3.05) is 24.8 Å². The van der Waals surface area contributed by atoms with Crippen LogP contribution >= 0.6 is 0 Å². The predicted molar refractivity (Wildman–Crippen MR) is 135 cm³/mol. The molecule has 1 aliphatic carbocycles. The minimum absolute atomic E-state index is 0.0657. The van der Waals surface area contributed by atoms with Gasteiger partial charge in [0.2, 0.25) is 5.91 Å². The van der Waals surface area contributed by atoms with Gasteiger partial charge in [0.25, 0.3) is 11.8 Å². The molecule has 1 heterocycles. The lowest BCUT2D eigenvalue weighted by molar-refractivity contribution is -0.119. The molecule has 9 nitrogen and oxygen atoms in total. The molecule has 36 heavy (non-hydrogen) atoms. The normalized spacial score (nSPS) is 17.1. The van der Waals surface area contributed by atoms with E-state index in [1.165, 1.54) is 7.11 Å². The Kier molecular flexibility index (Phi) is 8.05. The molecule has 3 amide bonds. The van der Waals surface area contributed by atoms with E-state index >= 15 is 0 Å². The summed E-state index contributed by atoms with van der Waals surface area (Å²) in [6.45, 7) is 2.20. The molecular weight excluding hydrogens is 484 g/mol. The van der Waals surface area contributed by atoms with Gasteiger partial charge in [0, 0.05) is 5.92 Å². The summed E-state index contributed by atoms with van der Waals surface area (Å²) in [5.41, 5.74) is 1.20. The van der Waals surface area contributed by atoms with E-state index in [-0.39, 0.29) is 35.1 Å². The third kappa shape index (κ3) is 5.15. The van der Waals surface area contributed by atoms with Crippen LogP contribution in [0.4, 0.5) is 5.69 Å². The number of methoxy groups -OCH3 is 1. The van der Waals surface area contributed by atoms with Crippen molar-refractivity contribution in [3.05, 3.63) is 53.1 Å². The topological polar surface area (TPSA) is 122 Å². The number of imide groups is 1. The molecule has 10 heteroatoms. The van der Waals surface area contributed by atoms with Crippen LogP contribution in [-0.2, 0) is 15.9 Å². The summed E-state index contributed by atoms with van der Waals surface area (Å²) < 4.78 is 32.0. The molecule has 0 aromatic heterocycles. The van der Waals surface area contributed by atoms with Crippen LogP contribution in [0.15, 0.2) is 36.4 Å². The number of hydrogen-bond acceptors (Lipinski definition) is 6. The molecule has 4 rings (SSSR count). The maximum Gasteiger partial charge on any atom is 0.264 e. The average molecular weight is 515 g/mol. The first-order valence-corrected chi connectivity index (χ1v) is 13.3. The van der Waals surface area contributed by atoms with Crippen molar-refractivity contribution in [1.29, 1.82) is 0 Å². The summed E-state index contributed by atoms with van der Waals surface area (Å²) in [5.74, 6) is -0.539. The summed E-state index contributed by atoms with van der Waals surface area (Å²) in [6.07, 6.45) is 3.67. The Balaban J connectivity index is 1.70. The number of benzene rings is 2. The molecule has 0 saturated heterocycles. The minimum Gasteiger partial charge on any atom is -0.493 e. The Hall–Kier alpha value is -3.24. The molecule has 2 unspecified atom stereocenters. The molecule has 192 valence electrons. The average Bonchev–Trinajstić information content (AvgIpc) is 3.48. The Morgan fingerprint density at radius 2 is 1.92 bits per heavy atom. The standard InChI is InChI=1S/C26H30N2O7S/c1-3-35-22-15-17(11-12-21(22)34-2)20(13-14-36(32)33)28-25(30)18-9-6-10-19(23(18)26(28)31)27-24(29)16-7-4-5-8-16/h6,9-12,15-16,20H,3-5,7-8,13-14H2,1-2H3,(H,27,29)(H,32,33). The highest BCUT2D eigenvalue weighted by Crippen LogP contribution is 2.39. The van der Waals surface area contributed by atoms with Crippen molar-refractivity contribution in [1.82, 2.24) is 4.90 Å². The molecule has 1 saturated carbocycles. The first-order valence-electron chi connectivity index (χ1n) is 12.1. The predicted octanol–water partition coefficient (Wildman–Crippen LogP) is 4.17. The lowest BCUT2D eigenvalue weighted by atomic mass is 10.0. The van der Waals surface area contributed by atoms with E-state index in [0.29, 0.717) is 29.4 Å².